The van der Waals surface area contributed by atoms with Crippen molar-refractivity contribution >= 4 is 16.7 Å². The Hall–Kier alpha value is -2.43. The molecule has 0 bridgehead atoms. The van der Waals surface area contributed by atoms with Gasteiger partial charge in [-0.3, -0.25) is 4.79 Å². The van der Waals surface area contributed by atoms with Gasteiger partial charge in [0.25, 0.3) is 0 Å². The molecule has 0 aliphatic heterocycles. The van der Waals surface area contributed by atoms with Crippen LogP contribution >= 0.6 is 0 Å². The Bertz CT molecular complexity index is 855. The highest BCUT2D eigenvalue weighted by Crippen LogP contribution is 2.27. The number of benzene rings is 2. The zero-order valence-corrected chi connectivity index (χ0v) is 15.4. The summed E-state index contributed by atoms with van der Waals surface area (Å²) in [6, 6.07) is 15.7. The Morgan fingerprint density at radius 3 is 2.69 bits per heavy atom. The number of aromatic nitrogens is 1. The van der Waals surface area contributed by atoms with Crippen molar-refractivity contribution in [1.82, 2.24) is 10.3 Å². The fraction of sp³-hybridized carbons (Fsp3) is 0.318. The van der Waals surface area contributed by atoms with Gasteiger partial charge in [0, 0.05) is 36.4 Å². The van der Waals surface area contributed by atoms with E-state index in [1.807, 2.05) is 48.7 Å². The highest BCUT2D eigenvalue weighted by atomic mass is 16.5. The number of aryl methyl sites for hydroxylation is 1. The molecule has 1 aromatic heterocycles. The summed E-state index contributed by atoms with van der Waals surface area (Å²) in [5, 5.41) is 4.40. The van der Waals surface area contributed by atoms with E-state index in [9.17, 15) is 4.79 Å². The summed E-state index contributed by atoms with van der Waals surface area (Å²) >= 11 is 0. The number of para-hydroxylation sites is 1. The number of rotatable bonds is 9. The minimum atomic E-state index is -0.364. The minimum absolute atomic E-state index is 0.0909. The number of fused-ring (bicyclic) bond motifs is 1. The molecule has 0 aliphatic carbocycles. The van der Waals surface area contributed by atoms with Gasteiger partial charge >= 0.3 is 0 Å². The van der Waals surface area contributed by atoms with Crippen LogP contribution in [0.4, 0.5) is 0 Å². The summed E-state index contributed by atoms with van der Waals surface area (Å²) in [6.45, 7) is 3.53. The van der Waals surface area contributed by atoms with E-state index in [2.05, 4.69) is 23.3 Å². The van der Waals surface area contributed by atoms with Crippen LogP contribution in [0.1, 0.15) is 40.9 Å². The van der Waals surface area contributed by atoms with Gasteiger partial charge in [-0.15, -0.1) is 0 Å². The lowest BCUT2D eigenvalue weighted by molar-refractivity contribution is 0.0942. The van der Waals surface area contributed by atoms with Crippen LogP contribution in [0.2, 0.25) is 0 Å². The van der Waals surface area contributed by atoms with E-state index in [0.29, 0.717) is 6.61 Å². The Balaban J connectivity index is 1.92. The first kappa shape index (κ1) is 18.4. The standard InChI is InChI=1S/C22H26N2O2/c1-3-16-11-7-12-18-19(15-24-20(16)18)22(25)21(23-13-8-14-26-2)17-9-5-4-6-10-17/h4-7,9-12,15,21,23-24H,3,8,13-14H2,1-2H3/t21-/m0/s1. The van der Waals surface area contributed by atoms with Gasteiger partial charge in [-0.05, 0) is 30.5 Å². The summed E-state index contributed by atoms with van der Waals surface area (Å²) in [7, 11) is 1.69. The van der Waals surface area contributed by atoms with Crippen molar-refractivity contribution in [1.29, 1.82) is 0 Å². The number of ketones is 1. The number of carbonyl (C=O) groups is 1. The summed E-state index contributed by atoms with van der Waals surface area (Å²) in [5.74, 6) is 0.0909. The van der Waals surface area contributed by atoms with Crippen LogP contribution in [0.5, 0.6) is 0 Å². The maximum atomic E-state index is 13.4. The van der Waals surface area contributed by atoms with Crippen molar-refractivity contribution in [3.63, 3.8) is 0 Å². The number of ether oxygens (including phenoxy) is 1. The van der Waals surface area contributed by atoms with Crippen LogP contribution < -0.4 is 5.32 Å². The van der Waals surface area contributed by atoms with E-state index in [1.165, 1.54) is 5.56 Å². The molecule has 0 amide bonds. The molecular formula is C22H26N2O2. The van der Waals surface area contributed by atoms with Gasteiger partial charge in [0.1, 0.15) is 0 Å². The van der Waals surface area contributed by atoms with Gasteiger partial charge in [0.15, 0.2) is 5.78 Å². The van der Waals surface area contributed by atoms with Crippen LogP contribution in [0, 0.1) is 0 Å². The number of methoxy groups -OCH3 is 1. The van der Waals surface area contributed by atoms with Crippen molar-refractivity contribution in [2.75, 3.05) is 20.3 Å². The summed E-state index contributed by atoms with van der Waals surface area (Å²) in [4.78, 5) is 16.7. The first-order valence-corrected chi connectivity index (χ1v) is 9.16. The lowest BCUT2D eigenvalue weighted by Gasteiger charge is -2.18. The normalized spacial score (nSPS) is 12.4. The van der Waals surface area contributed by atoms with E-state index >= 15 is 0 Å². The molecule has 3 aromatic rings. The zero-order chi connectivity index (χ0) is 18.4. The van der Waals surface area contributed by atoms with Gasteiger partial charge in [-0.1, -0.05) is 55.5 Å². The van der Waals surface area contributed by atoms with Crippen LogP contribution in [0.3, 0.4) is 0 Å². The molecule has 2 N–H and O–H groups in total. The fourth-order valence-electron chi connectivity index (χ4n) is 3.34. The van der Waals surface area contributed by atoms with Gasteiger partial charge in [0.2, 0.25) is 0 Å². The molecule has 0 fully saturated rings. The molecule has 1 atom stereocenters. The molecule has 0 aliphatic rings. The summed E-state index contributed by atoms with van der Waals surface area (Å²) in [5.41, 5.74) is 4.01. The van der Waals surface area contributed by atoms with Crippen molar-refractivity contribution in [2.45, 2.75) is 25.8 Å². The van der Waals surface area contributed by atoms with Crippen molar-refractivity contribution < 1.29 is 9.53 Å². The molecule has 3 rings (SSSR count). The molecule has 0 radical (unpaired) electrons. The molecule has 2 aromatic carbocycles. The Morgan fingerprint density at radius 2 is 1.96 bits per heavy atom. The number of Topliss-reactive ketones (excluding diaryl/α,β-unsaturated/α-hetero) is 1. The van der Waals surface area contributed by atoms with Gasteiger partial charge < -0.3 is 15.0 Å². The molecule has 0 saturated heterocycles. The monoisotopic (exact) mass is 350 g/mol. The van der Waals surface area contributed by atoms with Crippen LogP contribution in [0.25, 0.3) is 10.9 Å². The van der Waals surface area contributed by atoms with Gasteiger partial charge in [-0.25, -0.2) is 0 Å². The van der Waals surface area contributed by atoms with E-state index in [1.54, 1.807) is 7.11 Å². The molecule has 136 valence electrons. The number of hydrogen-bond acceptors (Lipinski definition) is 3. The summed E-state index contributed by atoms with van der Waals surface area (Å²) in [6.07, 6.45) is 3.64. The van der Waals surface area contributed by atoms with Crippen LogP contribution in [-0.4, -0.2) is 31.0 Å². The Kier molecular flexibility index (Phi) is 6.21. The topological polar surface area (TPSA) is 54.1 Å². The Morgan fingerprint density at radius 1 is 1.15 bits per heavy atom. The highest BCUT2D eigenvalue weighted by Gasteiger charge is 2.24. The predicted molar refractivity (Wildman–Crippen MR) is 106 cm³/mol. The molecule has 0 unspecified atom stereocenters. The smallest absolute Gasteiger partial charge is 0.186 e. The second kappa shape index (κ2) is 8.79. The lowest BCUT2D eigenvalue weighted by atomic mass is 9.96. The van der Waals surface area contributed by atoms with E-state index in [-0.39, 0.29) is 11.8 Å². The number of carbonyl (C=O) groups excluding carboxylic acids is 1. The maximum Gasteiger partial charge on any atom is 0.186 e. The SMILES string of the molecule is CCc1cccc2c(C(=O)[C@@H](NCCCOC)c3ccccc3)c[nH]c12. The third-order valence-electron chi connectivity index (χ3n) is 4.72. The summed E-state index contributed by atoms with van der Waals surface area (Å²) < 4.78 is 5.12. The van der Waals surface area contributed by atoms with E-state index in [0.717, 1.165) is 41.4 Å². The highest BCUT2D eigenvalue weighted by molar-refractivity contribution is 6.11. The first-order valence-electron chi connectivity index (χ1n) is 9.16. The van der Waals surface area contributed by atoms with Crippen LogP contribution in [-0.2, 0) is 11.2 Å². The largest absolute Gasteiger partial charge is 0.385 e. The maximum absolute atomic E-state index is 13.4. The number of hydrogen-bond donors (Lipinski definition) is 2. The minimum Gasteiger partial charge on any atom is -0.385 e. The molecular weight excluding hydrogens is 324 g/mol. The third kappa shape index (κ3) is 3.87. The van der Waals surface area contributed by atoms with Gasteiger partial charge in [0.05, 0.1) is 6.04 Å². The molecule has 0 saturated carbocycles. The van der Waals surface area contributed by atoms with Crippen molar-refractivity contribution in [2.24, 2.45) is 0 Å². The number of H-pyrrole nitrogens is 1. The van der Waals surface area contributed by atoms with Crippen molar-refractivity contribution in [3.8, 4) is 0 Å². The molecule has 26 heavy (non-hydrogen) atoms. The average Bonchev–Trinajstić information content (AvgIpc) is 3.12. The number of aromatic amines is 1. The van der Waals surface area contributed by atoms with E-state index in [4.69, 9.17) is 4.74 Å². The fourth-order valence-corrected chi connectivity index (χ4v) is 3.34. The van der Waals surface area contributed by atoms with Crippen LogP contribution in [0.15, 0.2) is 54.7 Å². The lowest BCUT2D eigenvalue weighted by Crippen LogP contribution is -2.30. The molecule has 0 spiro atoms. The predicted octanol–water partition coefficient (Wildman–Crippen LogP) is 4.28. The number of nitrogens with one attached hydrogen (secondary N) is 2. The average molecular weight is 350 g/mol. The zero-order valence-electron chi connectivity index (χ0n) is 15.4. The molecule has 4 heteroatoms. The van der Waals surface area contributed by atoms with Crippen molar-refractivity contribution in [3.05, 3.63) is 71.4 Å². The quantitative estimate of drug-likeness (QED) is 0.447. The molecule has 4 nitrogen and oxygen atoms in total. The first-order chi connectivity index (χ1) is 12.8. The second-order valence-corrected chi connectivity index (χ2v) is 6.40. The second-order valence-electron chi connectivity index (χ2n) is 6.40. The molecule has 1 heterocycles. The van der Waals surface area contributed by atoms with Gasteiger partial charge in [-0.2, -0.15) is 0 Å². The van der Waals surface area contributed by atoms with E-state index < -0.39 is 0 Å². The third-order valence-corrected chi connectivity index (χ3v) is 4.72. The Labute approximate surface area is 154 Å².